The minimum Gasteiger partial charge on any atom is -0.336 e. The number of hydrogen-bond acceptors (Lipinski definition) is 5. The Labute approximate surface area is 213 Å². The Bertz CT molecular complexity index is 1550. The van der Waals surface area contributed by atoms with Crippen LogP contribution in [0.3, 0.4) is 0 Å². The van der Waals surface area contributed by atoms with Gasteiger partial charge < -0.3 is 9.80 Å². The fraction of sp³-hybridized carbons (Fsp3) is 0.308. The lowest BCUT2D eigenvalue weighted by atomic mass is 10.1. The molecule has 0 aliphatic carbocycles. The van der Waals surface area contributed by atoms with Crippen molar-refractivity contribution in [3.63, 3.8) is 0 Å². The van der Waals surface area contributed by atoms with E-state index in [1.807, 2.05) is 52.3 Å². The van der Waals surface area contributed by atoms with Crippen molar-refractivity contribution in [1.82, 2.24) is 29.1 Å². The highest BCUT2D eigenvalue weighted by Gasteiger charge is 2.32. The van der Waals surface area contributed by atoms with Gasteiger partial charge in [0.2, 0.25) is 0 Å². The molecular weight excluding hydrogens is 481 g/mol. The molecular formula is C26H25ClFN7O. The molecule has 10 heteroatoms. The number of carbonyl (C=O) groups is 1. The predicted octanol–water partition coefficient (Wildman–Crippen LogP) is 4.17. The summed E-state index contributed by atoms with van der Waals surface area (Å²) in [6, 6.07) is 12.0. The molecule has 0 bridgehead atoms. The van der Waals surface area contributed by atoms with Crippen molar-refractivity contribution in [1.29, 1.82) is 5.26 Å². The summed E-state index contributed by atoms with van der Waals surface area (Å²) in [7, 11) is 5.86. The SMILES string of the molecule is Cc1c2cc(-n3c(-c4ccc(C#N)c(F)c4)nc(C(=O)N4CCC(N(C)C)C4)c3Cl)ccc2nn1C. The number of nitrogens with zero attached hydrogens (tertiary/aromatic N) is 7. The molecule has 1 unspecified atom stereocenters. The molecule has 8 nitrogen and oxygen atoms in total. The maximum absolute atomic E-state index is 14.6. The van der Waals surface area contributed by atoms with Crippen molar-refractivity contribution in [3.05, 3.63) is 64.3 Å². The van der Waals surface area contributed by atoms with E-state index in [2.05, 4.69) is 15.0 Å². The zero-order chi connectivity index (χ0) is 25.7. The number of hydrogen-bond donors (Lipinski definition) is 0. The number of aromatic nitrogens is 4. The van der Waals surface area contributed by atoms with E-state index in [1.165, 1.54) is 12.1 Å². The smallest absolute Gasteiger partial charge is 0.275 e. The van der Waals surface area contributed by atoms with Crippen LogP contribution >= 0.6 is 11.6 Å². The zero-order valence-corrected chi connectivity index (χ0v) is 21.2. The van der Waals surface area contributed by atoms with Crippen LogP contribution in [0, 0.1) is 24.1 Å². The van der Waals surface area contributed by atoms with Gasteiger partial charge in [-0.3, -0.25) is 14.0 Å². The number of fused-ring (bicyclic) bond motifs is 1. The van der Waals surface area contributed by atoms with Crippen LogP contribution in [0.2, 0.25) is 5.15 Å². The van der Waals surface area contributed by atoms with E-state index in [-0.39, 0.29) is 28.4 Å². The van der Waals surface area contributed by atoms with Gasteiger partial charge in [0.25, 0.3) is 5.91 Å². The first-order valence-electron chi connectivity index (χ1n) is 11.6. The van der Waals surface area contributed by atoms with Crippen molar-refractivity contribution >= 4 is 28.4 Å². The quantitative estimate of drug-likeness (QED) is 0.415. The standard InChI is InChI=1S/C26H25ClFN7O/c1-15-20-12-18(7-8-22(20)31-33(15)4)35-24(27)23(26(36)34-10-9-19(14-34)32(2)3)30-25(35)16-5-6-17(13-29)21(28)11-16/h5-8,11-12,19H,9-10,14H2,1-4H3. The normalized spacial score (nSPS) is 15.7. The number of nitriles is 1. The van der Waals surface area contributed by atoms with Crippen LogP contribution in [0.25, 0.3) is 28.0 Å². The highest BCUT2D eigenvalue weighted by atomic mass is 35.5. The number of carbonyl (C=O) groups excluding carboxylic acids is 1. The van der Waals surface area contributed by atoms with Gasteiger partial charge in [0.1, 0.15) is 22.9 Å². The van der Waals surface area contributed by atoms with Crippen molar-refractivity contribution < 1.29 is 9.18 Å². The van der Waals surface area contributed by atoms with E-state index < -0.39 is 5.82 Å². The second-order valence-electron chi connectivity index (χ2n) is 9.28. The van der Waals surface area contributed by atoms with Gasteiger partial charge in [-0.05, 0) is 63.8 Å². The lowest BCUT2D eigenvalue weighted by Crippen LogP contribution is -2.34. The number of halogens is 2. The number of rotatable bonds is 4. The van der Waals surface area contributed by atoms with Crippen LogP contribution in [0.4, 0.5) is 4.39 Å². The molecule has 0 saturated carbocycles. The molecule has 184 valence electrons. The molecule has 2 aromatic heterocycles. The van der Waals surface area contributed by atoms with E-state index >= 15 is 0 Å². The van der Waals surface area contributed by atoms with Gasteiger partial charge in [0.05, 0.1) is 11.1 Å². The lowest BCUT2D eigenvalue weighted by molar-refractivity contribution is 0.0778. The van der Waals surface area contributed by atoms with Crippen molar-refractivity contribution in [2.24, 2.45) is 7.05 Å². The van der Waals surface area contributed by atoms with Gasteiger partial charge in [-0.15, -0.1) is 0 Å². The average Bonchev–Trinajstić information content (AvgIpc) is 3.55. The Kier molecular flexibility index (Phi) is 6.02. The molecule has 36 heavy (non-hydrogen) atoms. The first kappa shape index (κ1) is 24.0. The van der Waals surface area contributed by atoms with Crippen molar-refractivity contribution in [2.75, 3.05) is 27.2 Å². The Balaban J connectivity index is 1.67. The molecule has 1 amide bonds. The van der Waals surface area contributed by atoms with E-state index in [0.717, 1.165) is 23.0 Å². The largest absolute Gasteiger partial charge is 0.336 e. The van der Waals surface area contributed by atoms with Crippen LogP contribution in [0.1, 0.15) is 28.2 Å². The minimum atomic E-state index is -0.666. The molecule has 0 radical (unpaired) electrons. The van der Waals surface area contributed by atoms with Gasteiger partial charge in [-0.25, -0.2) is 9.37 Å². The number of likely N-dealkylation sites (tertiary alicyclic amines) is 1. The van der Waals surface area contributed by atoms with E-state index in [4.69, 9.17) is 16.9 Å². The fourth-order valence-corrected chi connectivity index (χ4v) is 4.96. The van der Waals surface area contributed by atoms with E-state index in [1.54, 1.807) is 20.2 Å². The number of amides is 1. The zero-order valence-electron chi connectivity index (χ0n) is 20.5. The topological polar surface area (TPSA) is 83.0 Å². The van der Waals surface area contributed by atoms with Crippen LogP contribution in [0.5, 0.6) is 0 Å². The van der Waals surface area contributed by atoms with Crippen molar-refractivity contribution in [3.8, 4) is 23.1 Å². The summed E-state index contributed by atoms with van der Waals surface area (Å²) in [6.07, 6.45) is 0.863. The van der Waals surface area contributed by atoms with Crippen LogP contribution in [-0.2, 0) is 7.05 Å². The first-order valence-corrected chi connectivity index (χ1v) is 11.9. The Morgan fingerprint density at radius 3 is 2.69 bits per heavy atom. The molecule has 2 aromatic carbocycles. The maximum Gasteiger partial charge on any atom is 0.275 e. The molecule has 0 spiro atoms. The molecule has 1 aliphatic rings. The molecule has 1 saturated heterocycles. The number of benzene rings is 2. The summed E-state index contributed by atoms with van der Waals surface area (Å²) in [5.41, 5.74) is 2.91. The fourth-order valence-electron chi connectivity index (χ4n) is 4.66. The third-order valence-corrected chi connectivity index (χ3v) is 7.27. The molecule has 4 aromatic rings. The Morgan fingerprint density at radius 2 is 2.03 bits per heavy atom. The third kappa shape index (κ3) is 3.92. The summed E-state index contributed by atoms with van der Waals surface area (Å²) in [4.78, 5) is 22.0. The lowest BCUT2D eigenvalue weighted by Gasteiger charge is -2.20. The molecule has 0 N–H and O–H groups in total. The molecule has 1 atom stereocenters. The monoisotopic (exact) mass is 505 g/mol. The molecule has 1 aliphatic heterocycles. The molecule has 5 rings (SSSR count). The Morgan fingerprint density at radius 1 is 1.25 bits per heavy atom. The van der Waals surface area contributed by atoms with Crippen LogP contribution in [-0.4, -0.2) is 68.3 Å². The number of aryl methyl sites for hydroxylation is 2. The van der Waals surface area contributed by atoms with Gasteiger partial charge in [0, 0.05) is 48.5 Å². The molecule has 1 fully saturated rings. The minimum absolute atomic E-state index is 0.0709. The van der Waals surface area contributed by atoms with Crippen LogP contribution in [0.15, 0.2) is 36.4 Å². The summed E-state index contributed by atoms with van der Waals surface area (Å²) >= 11 is 6.86. The van der Waals surface area contributed by atoms with Gasteiger partial charge >= 0.3 is 0 Å². The van der Waals surface area contributed by atoms with Gasteiger partial charge in [-0.1, -0.05) is 11.6 Å². The number of likely N-dealkylation sites (N-methyl/N-ethyl adjacent to an activating group) is 1. The third-order valence-electron chi connectivity index (χ3n) is 6.92. The second kappa shape index (κ2) is 9.04. The molecule has 3 heterocycles. The van der Waals surface area contributed by atoms with Crippen molar-refractivity contribution in [2.45, 2.75) is 19.4 Å². The average molecular weight is 506 g/mol. The predicted molar refractivity (Wildman–Crippen MR) is 136 cm³/mol. The second-order valence-corrected chi connectivity index (χ2v) is 9.64. The summed E-state index contributed by atoms with van der Waals surface area (Å²) in [5, 5.41) is 14.7. The first-order chi connectivity index (χ1) is 17.2. The van der Waals surface area contributed by atoms with Crippen LogP contribution < -0.4 is 0 Å². The summed E-state index contributed by atoms with van der Waals surface area (Å²) in [6.45, 7) is 3.15. The highest BCUT2D eigenvalue weighted by molar-refractivity contribution is 6.33. The highest BCUT2D eigenvalue weighted by Crippen LogP contribution is 2.33. The van der Waals surface area contributed by atoms with Gasteiger partial charge in [-0.2, -0.15) is 10.4 Å². The summed E-state index contributed by atoms with van der Waals surface area (Å²) in [5.74, 6) is -0.617. The summed E-state index contributed by atoms with van der Waals surface area (Å²) < 4.78 is 18.0. The number of imidazole rings is 1. The van der Waals surface area contributed by atoms with E-state index in [9.17, 15) is 9.18 Å². The van der Waals surface area contributed by atoms with Gasteiger partial charge in [0.15, 0.2) is 5.69 Å². The maximum atomic E-state index is 14.6. The van der Waals surface area contributed by atoms with E-state index in [0.29, 0.717) is 30.2 Å². The Hall–Kier alpha value is -3.74.